The second-order valence-electron chi connectivity index (χ2n) is 3.39. The normalized spacial score (nSPS) is 9.62. The third-order valence-corrected chi connectivity index (χ3v) is 1.59. The molecule has 0 aliphatic carbocycles. The Bertz CT molecular complexity index is 180. The van der Waals surface area contributed by atoms with E-state index in [0.717, 1.165) is 5.69 Å². The maximum absolute atomic E-state index is 3.77. The summed E-state index contributed by atoms with van der Waals surface area (Å²) in [6, 6.07) is 0. The number of nitrogens with one attached hydrogen (secondary N) is 1. The van der Waals surface area contributed by atoms with Crippen LogP contribution in [0.1, 0.15) is 25.5 Å². The minimum Gasteiger partial charge on any atom is -0.349 e. The molecule has 1 rings (SSSR count). The van der Waals surface area contributed by atoms with Crippen LogP contribution in [0, 0.1) is 6.92 Å². The van der Waals surface area contributed by atoms with Crippen molar-refractivity contribution < 1.29 is 0 Å². The number of nitrogens with zero attached hydrogens (tertiary/aromatic N) is 2. The van der Waals surface area contributed by atoms with E-state index in [2.05, 4.69) is 35.9 Å². The van der Waals surface area contributed by atoms with Gasteiger partial charge in [-0.3, -0.25) is 0 Å². The Labute approximate surface area is 81.2 Å². The molecule has 76 valence electrons. The molecular formula is C10H21N3. The van der Waals surface area contributed by atoms with Crippen LogP contribution >= 0.6 is 0 Å². The van der Waals surface area contributed by atoms with E-state index >= 15 is 0 Å². The largest absolute Gasteiger partial charge is 0.349 e. The zero-order valence-electron chi connectivity index (χ0n) is 9.17. The lowest BCUT2D eigenvalue weighted by Gasteiger charge is -2.05. The van der Waals surface area contributed by atoms with Crippen LogP contribution < -0.4 is 0 Å². The Morgan fingerprint density at radius 1 is 1.46 bits per heavy atom. The van der Waals surface area contributed by atoms with Gasteiger partial charge in [-0.1, -0.05) is 13.3 Å². The van der Waals surface area contributed by atoms with Crippen molar-refractivity contribution in [3.8, 4) is 0 Å². The smallest absolute Gasteiger partial charge is 0.0921 e. The molecule has 1 N–H and O–H groups in total. The van der Waals surface area contributed by atoms with Crippen molar-refractivity contribution in [1.82, 2.24) is 14.9 Å². The molecule has 1 aromatic rings. The number of aryl methyl sites for hydroxylation is 1. The van der Waals surface area contributed by atoms with Crippen LogP contribution in [0.15, 0.2) is 12.5 Å². The van der Waals surface area contributed by atoms with Gasteiger partial charge < -0.3 is 9.88 Å². The second-order valence-corrected chi connectivity index (χ2v) is 3.39. The van der Waals surface area contributed by atoms with Crippen molar-refractivity contribution in [3.05, 3.63) is 18.2 Å². The van der Waals surface area contributed by atoms with E-state index in [1.54, 1.807) is 12.5 Å². The first-order chi connectivity index (χ1) is 6.16. The van der Waals surface area contributed by atoms with Gasteiger partial charge in [0.05, 0.1) is 6.33 Å². The number of aromatic nitrogens is 2. The topological polar surface area (TPSA) is 31.9 Å². The maximum Gasteiger partial charge on any atom is 0.0921 e. The van der Waals surface area contributed by atoms with Gasteiger partial charge in [0, 0.05) is 11.9 Å². The summed E-state index contributed by atoms with van der Waals surface area (Å²) in [5.41, 5.74) is 1.11. The lowest BCUT2D eigenvalue weighted by Crippen LogP contribution is -2.12. The molecule has 1 aromatic heterocycles. The predicted molar refractivity (Wildman–Crippen MR) is 56.8 cm³/mol. The Morgan fingerprint density at radius 3 is 2.31 bits per heavy atom. The highest BCUT2D eigenvalue weighted by molar-refractivity contribution is 4.87. The molecule has 13 heavy (non-hydrogen) atoms. The molecule has 0 radical (unpaired) electrons. The van der Waals surface area contributed by atoms with Gasteiger partial charge in [0.15, 0.2) is 0 Å². The summed E-state index contributed by atoms with van der Waals surface area (Å²) < 4.78 is 0. The van der Waals surface area contributed by atoms with Crippen molar-refractivity contribution in [3.63, 3.8) is 0 Å². The predicted octanol–water partition coefficient (Wildman–Crippen LogP) is 2.07. The lowest BCUT2D eigenvalue weighted by molar-refractivity contribution is 0.398. The zero-order valence-corrected chi connectivity index (χ0v) is 9.17. The van der Waals surface area contributed by atoms with Crippen molar-refractivity contribution in [1.29, 1.82) is 0 Å². The maximum atomic E-state index is 3.77. The van der Waals surface area contributed by atoms with E-state index in [1.807, 2.05) is 6.92 Å². The van der Waals surface area contributed by atoms with Crippen LogP contribution in [-0.2, 0) is 0 Å². The first-order valence-corrected chi connectivity index (χ1v) is 4.76. The molecule has 0 aromatic carbocycles. The van der Waals surface area contributed by atoms with E-state index in [-0.39, 0.29) is 0 Å². The van der Waals surface area contributed by atoms with E-state index < -0.39 is 0 Å². The first-order valence-electron chi connectivity index (χ1n) is 4.76. The summed E-state index contributed by atoms with van der Waals surface area (Å²) >= 11 is 0. The molecule has 1 heterocycles. The Balaban J connectivity index is 0.000000223. The molecular weight excluding hydrogens is 162 g/mol. The van der Waals surface area contributed by atoms with Gasteiger partial charge in [-0.2, -0.15) is 0 Å². The molecule has 0 amide bonds. The molecule has 3 nitrogen and oxygen atoms in total. The Morgan fingerprint density at radius 2 is 2.15 bits per heavy atom. The van der Waals surface area contributed by atoms with Gasteiger partial charge in [-0.05, 0) is 34.0 Å². The van der Waals surface area contributed by atoms with E-state index in [4.69, 9.17) is 0 Å². The third-order valence-electron chi connectivity index (χ3n) is 1.59. The molecule has 0 spiro atoms. The van der Waals surface area contributed by atoms with Crippen molar-refractivity contribution >= 4 is 0 Å². The van der Waals surface area contributed by atoms with Gasteiger partial charge >= 0.3 is 0 Å². The second kappa shape index (κ2) is 7.80. The number of hydrogen-bond donors (Lipinski definition) is 1. The van der Waals surface area contributed by atoms with Gasteiger partial charge in [0.1, 0.15) is 0 Å². The fourth-order valence-corrected chi connectivity index (χ4v) is 0.800. The summed E-state index contributed by atoms with van der Waals surface area (Å²) in [5.74, 6) is 0. The van der Waals surface area contributed by atoms with Gasteiger partial charge in [0.25, 0.3) is 0 Å². The molecule has 0 unspecified atom stereocenters. The molecule has 0 aliphatic heterocycles. The average molecular weight is 183 g/mol. The minimum absolute atomic E-state index is 1.11. The highest BCUT2D eigenvalue weighted by Crippen LogP contribution is 1.86. The molecule has 0 aliphatic rings. The number of imidazole rings is 1. The molecule has 0 fully saturated rings. The highest BCUT2D eigenvalue weighted by atomic mass is 15.0. The summed E-state index contributed by atoms with van der Waals surface area (Å²) in [7, 11) is 4.21. The fraction of sp³-hybridized carbons (Fsp3) is 0.700. The summed E-state index contributed by atoms with van der Waals surface area (Å²) in [6.07, 6.45) is 6.07. The highest BCUT2D eigenvalue weighted by Gasteiger charge is 1.83. The number of unbranched alkanes of at least 4 members (excludes halogenated alkanes) is 1. The van der Waals surface area contributed by atoms with Crippen LogP contribution in [0.25, 0.3) is 0 Å². The quantitative estimate of drug-likeness (QED) is 0.778. The minimum atomic E-state index is 1.11. The third kappa shape index (κ3) is 9.08. The molecule has 0 atom stereocenters. The SMILES string of the molecule is CCCCN(C)C.Cc1cnc[nH]1. The van der Waals surface area contributed by atoms with E-state index in [9.17, 15) is 0 Å². The van der Waals surface area contributed by atoms with Gasteiger partial charge in [-0.25, -0.2) is 4.98 Å². The van der Waals surface area contributed by atoms with Gasteiger partial charge in [0.2, 0.25) is 0 Å². The van der Waals surface area contributed by atoms with Crippen molar-refractivity contribution in [2.45, 2.75) is 26.7 Å². The molecule has 3 heteroatoms. The summed E-state index contributed by atoms with van der Waals surface area (Å²) in [6.45, 7) is 5.41. The number of hydrogen-bond acceptors (Lipinski definition) is 2. The first kappa shape index (κ1) is 12.2. The molecule has 0 saturated carbocycles. The Kier molecular flexibility index (Phi) is 7.30. The van der Waals surface area contributed by atoms with Gasteiger partial charge in [-0.15, -0.1) is 0 Å². The standard InChI is InChI=1S/C6H15N.C4H6N2/c1-4-5-6-7(2)3;1-4-2-5-3-6-4/h4-6H2,1-3H3;2-3H,1H3,(H,5,6). The fourth-order valence-electron chi connectivity index (χ4n) is 0.800. The number of H-pyrrole nitrogens is 1. The number of aromatic amines is 1. The van der Waals surface area contributed by atoms with Crippen LogP contribution in [0.4, 0.5) is 0 Å². The van der Waals surface area contributed by atoms with Crippen molar-refractivity contribution in [2.24, 2.45) is 0 Å². The Hall–Kier alpha value is -0.830. The van der Waals surface area contributed by atoms with Crippen LogP contribution in [0.5, 0.6) is 0 Å². The van der Waals surface area contributed by atoms with E-state index in [0.29, 0.717) is 0 Å². The van der Waals surface area contributed by atoms with Crippen LogP contribution in [0.3, 0.4) is 0 Å². The van der Waals surface area contributed by atoms with Crippen LogP contribution in [0.2, 0.25) is 0 Å². The van der Waals surface area contributed by atoms with Crippen molar-refractivity contribution in [2.75, 3.05) is 20.6 Å². The van der Waals surface area contributed by atoms with Crippen LogP contribution in [-0.4, -0.2) is 35.5 Å². The molecule has 0 bridgehead atoms. The van der Waals surface area contributed by atoms with E-state index in [1.165, 1.54) is 19.4 Å². The molecule has 0 saturated heterocycles. The monoisotopic (exact) mass is 183 g/mol. The number of rotatable bonds is 3. The average Bonchev–Trinajstić information content (AvgIpc) is 2.53. The zero-order chi connectivity index (χ0) is 10.1. The summed E-state index contributed by atoms with van der Waals surface area (Å²) in [4.78, 5) is 8.87. The summed E-state index contributed by atoms with van der Waals surface area (Å²) in [5, 5.41) is 0. The lowest BCUT2D eigenvalue weighted by atomic mass is 10.3.